The van der Waals surface area contributed by atoms with Crippen LogP contribution >= 0.6 is 34.4 Å². The Bertz CT molecular complexity index is 798. The number of thioether (sulfide) groups is 1. The smallest absolute Gasteiger partial charge is 0.277 e. The lowest BCUT2D eigenvalue weighted by atomic mass is 10.1. The predicted molar refractivity (Wildman–Crippen MR) is 103 cm³/mol. The highest BCUT2D eigenvalue weighted by Crippen LogP contribution is 2.23. The summed E-state index contributed by atoms with van der Waals surface area (Å²) in [6.45, 7) is 4.37. The molecule has 0 saturated heterocycles. The average molecular weight is 452 g/mol. The van der Waals surface area contributed by atoms with Gasteiger partial charge in [-0.15, -0.1) is 10.2 Å². The van der Waals surface area contributed by atoms with Crippen molar-refractivity contribution in [3.63, 3.8) is 0 Å². The zero-order valence-electron chi connectivity index (χ0n) is 13.5. The average Bonchev–Trinajstić information content (AvgIpc) is 2.99. The van der Waals surface area contributed by atoms with Gasteiger partial charge in [0.1, 0.15) is 5.75 Å². The molecule has 0 fully saturated rings. The van der Waals surface area contributed by atoms with Gasteiger partial charge in [-0.1, -0.05) is 30.0 Å². The molecule has 0 radical (unpaired) electrons. The molecule has 0 unspecified atom stereocenters. The van der Waals surface area contributed by atoms with Crippen molar-refractivity contribution in [2.75, 3.05) is 0 Å². The van der Waals surface area contributed by atoms with E-state index in [1.807, 2.05) is 26.0 Å². The van der Waals surface area contributed by atoms with E-state index in [9.17, 15) is 0 Å². The maximum Gasteiger partial charge on any atom is 0.277 e. The van der Waals surface area contributed by atoms with Crippen LogP contribution in [0.1, 0.15) is 22.6 Å². The van der Waals surface area contributed by atoms with E-state index in [0.717, 1.165) is 11.5 Å². The molecule has 0 N–H and O–H groups in total. The maximum absolute atomic E-state index is 5.74. The molecule has 1 heterocycles. The van der Waals surface area contributed by atoms with Gasteiger partial charge in [0.05, 0.1) is 0 Å². The first-order valence-corrected chi connectivity index (χ1v) is 9.55. The molecule has 0 bridgehead atoms. The number of aromatic nitrogens is 2. The third kappa shape index (κ3) is 4.98. The molecule has 24 heavy (non-hydrogen) atoms. The molecule has 0 aliphatic carbocycles. The fourth-order valence-electron chi connectivity index (χ4n) is 2.24. The lowest BCUT2D eigenvalue weighted by Gasteiger charge is -2.05. The molecule has 0 saturated carbocycles. The fourth-order valence-corrected chi connectivity index (χ4v) is 3.34. The number of nitrogens with zero attached hydrogens (tertiary/aromatic N) is 2. The van der Waals surface area contributed by atoms with Gasteiger partial charge in [0, 0.05) is 9.32 Å². The van der Waals surface area contributed by atoms with Crippen LogP contribution in [-0.4, -0.2) is 10.2 Å². The van der Waals surface area contributed by atoms with Crippen LogP contribution in [0.3, 0.4) is 0 Å². The molecule has 0 atom stereocenters. The second-order valence-corrected chi connectivity index (χ2v) is 7.66. The number of halogens is 1. The third-order valence-electron chi connectivity index (χ3n) is 3.28. The summed E-state index contributed by atoms with van der Waals surface area (Å²) in [6.07, 6.45) is 0. The number of aryl methyl sites for hydroxylation is 2. The van der Waals surface area contributed by atoms with E-state index in [4.69, 9.17) is 9.15 Å². The van der Waals surface area contributed by atoms with E-state index >= 15 is 0 Å². The van der Waals surface area contributed by atoms with E-state index in [1.54, 1.807) is 0 Å². The Kier molecular flexibility index (Phi) is 5.78. The van der Waals surface area contributed by atoms with E-state index in [2.05, 4.69) is 63.1 Å². The molecule has 4 nitrogen and oxygen atoms in total. The van der Waals surface area contributed by atoms with E-state index in [1.165, 1.54) is 32.0 Å². The minimum atomic E-state index is 0.278. The van der Waals surface area contributed by atoms with E-state index < -0.39 is 0 Å². The molecule has 0 amide bonds. The molecule has 2 aromatic carbocycles. The van der Waals surface area contributed by atoms with Crippen LogP contribution in [0.2, 0.25) is 0 Å². The zero-order chi connectivity index (χ0) is 16.9. The van der Waals surface area contributed by atoms with Crippen LogP contribution in [-0.2, 0) is 12.4 Å². The summed E-state index contributed by atoms with van der Waals surface area (Å²) in [5.74, 6) is 2.11. The van der Waals surface area contributed by atoms with Gasteiger partial charge in [-0.05, 0) is 77.4 Å². The molecular weight excluding hydrogens is 435 g/mol. The summed E-state index contributed by atoms with van der Waals surface area (Å²) in [6, 6.07) is 14.5. The SMILES string of the molecule is Cc1cc(C)cc(OCc2nnc(SCc3ccc(I)cc3)o2)c1. The largest absolute Gasteiger partial charge is 0.484 e. The topological polar surface area (TPSA) is 48.2 Å². The number of rotatable bonds is 6. The van der Waals surface area contributed by atoms with Crippen molar-refractivity contribution >= 4 is 34.4 Å². The Labute approximate surface area is 159 Å². The Hall–Kier alpha value is -1.54. The second kappa shape index (κ2) is 8.02. The maximum atomic E-state index is 5.74. The quantitative estimate of drug-likeness (QED) is 0.382. The number of hydrogen-bond acceptors (Lipinski definition) is 5. The highest BCUT2D eigenvalue weighted by molar-refractivity contribution is 14.1. The highest BCUT2D eigenvalue weighted by atomic mass is 127. The molecule has 0 spiro atoms. The van der Waals surface area contributed by atoms with Crippen molar-refractivity contribution in [1.29, 1.82) is 0 Å². The molecular formula is C18H17IN2O2S. The standard InChI is InChI=1S/C18H17IN2O2S/c1-12-7-13(2)9-16(8-12)22-10-17-20-21-18(23-17)24-11-14-3-5-15(19)6-4-14/h3-9H,10-11H2,1-2H3. The molecule has 124 valence electrons. The highest BCUT2D eigenvalue weighted by Gasteiger charge is 2.08. The van der Waals surface area contributed by atoms with E-state index in [-0.39, 0.29) is 6.61 Å². The zero-order valence-corrected chi connectivity index (χ0v) is 16.4. The monoisotopic (exact) mass is 452 g/mol. The van der Waals surface area contributed by atoms with Crippen LogP contribution in [0.25, 0.3) is 0 Å². The summed E-state index contributed by atoms with van der Waals surface area (Å²) in [4.78, 5) is 0. The van der Waals surface area contributed by atoms with Crippen molar-refractivity contribution in [2.24, 2.45) is 0 Å². The first-order valence-electron chi connectivity index (χ1n) is 7.49. The third-order valence-corrected chi connectivity index (χ3v) is 4.89. The van der Waals surface area contributed by atoms with Crippen LogP contribution in [0.15, 0.2) is 52.1 Å². The lowest BCUT2D eigenvalue weighted by molar-refractivity contribution is 0.252. The van der Waals surface area contributed by atoms with Crippen LogP contribution in [0.4, 0.5) is 0 Å². The second-order valence-electron chi connectivity index (χ2n) is 5.49. The summed E-state index contributed by atoms with van der Waals surface area (Å²) in [5, 5.41) is 8.66. The number of ether oxygens (including phenoxy) is 1. The molecule has 1 aromatic heterocycles. The van der Waals surface area contributed by atoms with Crippen molar-refractivity contribution < 1.29 is 9.15 Å². The minimum Gasteiger partial charge on any atom is -0.484 e. The Balaban J connectivity index is 1.54. The number of benzene rings is 2. The summed E-state index contributed by atoms with van der Waals surface area (Å²) in [7, 11) is 0. The summed E-state index contributed by atoms with van der Waals surface area (Å²) >= 11 is 3.82. The van der Waals surface area contributed by atoms with Gasteiger partial charge in [-0.3, -0.25) is 0 Å². The van der Waals surface area contributed by atoms with Gasteiger partial charge in [-0.2, -0.15) is 0 Å². The Morgan fingerprint density at radius 1 is 1.04 bits per heavy atom. The Morgan fingerprint density at radius 2 is 1.75 bits per heavy atom. The molecule has 3 aromatic rings. The van der Waals surface area contributed by atoms with Gasteiger partial charge in [0.25, 0.3) is 11.1 Å². The van der Waals surface area contributed by atoms with E-state index in [0.29, 0.717) is 11.1 Å². The van der Waals surface area contributed by atoms with Gasteiger partial charge >= 0.3 is 0 Å². The van der Waals surface area contributed by atoms with Crippen LogP contribution in [0.5, 0.6) is 5.75 Å². The van der Waals surface area contributed by atoms with Gasteiger partial charge in [-0.25, -0.2) is 0 Å². The van der Waals surface area contributed by atoms with Crippen molar-refractivity contribution in [1.82, 2.24) is 10.2 Å². The number of hydrogen-bond donors (Lipinski definition) is 0. The van der Waals surface area contributed by atoms with Crippen molar-refractivity contribution in [2.45, 2.75) is 31.4 Å². The van der Waals surface area contributed by atoms with Gasteiger partial charge < -0.3 is 9.15 Å². The minimum absolute atomic E-state index is 0.278. The Morgan fingerprint density at radius 3 is 2.46 bits per heavy atom. The fraction of sp³-hybridized carbons (Fsp3) is 0.222. The summed E-state index contributed by atoms with van der Waals surface area (Å²) in [5.41, 5.74) is 3.57. The van der Waals surface area contributed by atoms with Crippen LogP contribution < -0.4 is 4.74 Å². The van der Waals surface area contributed by atoms with Gasteiger partial charge in [0.15, 0.2) is 6.61 Å². The molecule has 3 rings (SSSR count). The molecule has 0 aliphatic rings. The van der Waals surface area contributed by atoms with Crippen molar-refractivity contribution in [3.8, 4) is 5.75 Å². The summed E-state index contributed by atoms with van der Waals surface area (Å²) < 4.78 is 12.6. The molecule has 6 heteroatoms. The first kappa shape index (κ1) is 17.3. The van der Waals surface area contributed by atoms with Crippen molar-refractivity contribution in [3.05, 3.63) is 68.6 Å². The molecule has 0 aliphatic heterocycles. The predicted octanol–water partition coefficient (Wildman–Crippen LogP) is 5.16. The normalized spacial score (nSPS) is 10.8. The van der Waals surface area contributed by atoms with Gasteiger partial charge in [0.2, 0.25) is 0 Å². The first-order chi connectivity index (χ1) is 11.6. The lowest BCUT2D eigenvalue weighted by Crippen LogP contribution is -1.96. The van der Waals surface area contributed by atoms with Crippen LogP contribution in [0, 0.1) is 17.4 Å².